The molecule has 0 aromatic rings. The highest BCUT2D eigenvalue weighted by Gasteiger charge is 2.40. The van der Waals surface area contributed by atoms with E-state index in [-0.39, 0.29) is 6.54 Å². The van der Waals surface area contributed by atoms with E-state index in [0.717, 1.165) is 19.5 Å². The van der Waals surface area contributed by atoms with Gasteiger partial charge in [-0.3, -0.25) is 9.69 Å². The van der Waals surface area contributed by atoms with E-state index in [9.17, 15) is 22.4 Å². The summed E-state index contributed by atoms with van der Waals surface area (Å²) in [5, 5.41) is 4.97. The van der Waals surface area contributed by atoms with Crippen molar-refractivity contribution in [2.75, 3.05) is 39.3 Å². The first kappa shape index (κ1) is 15.2. The van der Waals surface area contributed by atoms with Crippen molar-refractivity contribution in [3.05, 3.63) is 0 Å². The van der Waals surface area contributed by atoms with E-state index in [1.165, 1.54) is 0 Å². The molecule has 0 atom stereocenters. The van der Waals surface area contributed by atoms with Crippen molar-refractivity contribution in [1.82, 2.24) is 15.5 Å². The molecule has 8 heteroatoms. The first-order valence-corrected chi connectivity index (χ1v) is 5.77. The SMILES string of the molecule is O=C(CN1CCCNCC1)NCC(F)(F)C(F)F. The highest BCUT2D eigenvalue weighted by molar-refractivity contribution is 5.78. The average Bonchev–Trinajstić information content (AvgIpc) is 2.55. The Morgan fingerprint density at radius 3 is 2.72 bits per heavy atom. The quantitative estimate of drug-likeness (QED) is 0.707. The molecule has 0 spiro atoms. The van der Waals surface area contributed by atoms with Crippen molar-refractivity contribution < 1.29 is 22.4 Å². The summed E-state index contributed by atoms with van der Waals surface area (Å²) in [6, 6.07) is 0. The Morgan fingerprint density at radius 1 is 1.33 bits per heavy atom. The lowest BCUT2D eigenvalue weighted by Crippen LogP contribution is -2.45. The summed E-state index contributed by atoms with van der Waals surface area (Å²) < 4.78 is 48.8. The number of halogens is 4. The zero-order chi connectivity index (χ0) is 13.6. The summed E-state index contributed by atoms with van der Waals surface area (Å²) in [6.45, 7) is 1.53. The second-order valence-electron chi connectivity index (χ2n) is 4.22. The molecule has 0 bridgehead atoms. The topological polar surface area (TPSA) is 44.4 Å². The highest BCUT2D eigenvalue weighted by atomic mass is 19.3. The normalized spacial score (nSPS) is 18.7. The van der Waals surface area contributed by atoms with Crippen molar-refractivity contribution in [2.24, 2.45) is 0 Å². The molecule has 1 saturated heterocycles. The number of alkyl halides is 4. The van der Waals surface area contributed by atoms with Gasteiger partial charge >= 0.3 is 12.3 Å². The summed E-state index contributed by atoms with van der Waals surface area (Å²) in [6.07, 6.45) is -2.90. The van der Waals surface area contributed by atoms with E-state index >= 15 is 0 Å². The fourth-order valence-corrected chi connectivity index (χ4v) is 1.61. The molecular weight excluding hydrogens is 254 g/mol. The van der Waals surface area contributed by atoms with Gasteiger partial charge in [0.05, 0.1) is 13.1 Å². The van der Waals surface area contributed by atoms with Crippen LogP contribution >= 0.6 is 0 Å². The lowest BCUT2D eigenvalue weighted by atomic mass is 10.3. The van der Waals surface area contributed by atoms with Crippen LogP contribution < -0.4 is 10.6 Å². The molecule has 1 heterocycles. The molecule has 0 saturated carbocycles. The highest BCUT2D eigenvalue weighted by Crippen LogP contribution is 2.21. The van der Waals surface area contributed by atoms with E-state index in [2.05, 4.69) is 5.32 Å². The van der Waals surface area contributed by atoms with Crippen LogP contribution in [0.1, 0.15) is 6.42 Å². The van der Waals surface area contributed by atoms with Crippen molar-refractivity contribution in [1.29, 1.82) is 0 Å². The van der Waals surface area contributed by atoms with E-state index in [1.54, 1.807) is 4.90 Å². The van der Waals surface area contributed by atoms with Gasteiger partial charge in [-0.2, -0.15) is 8.78 Å². The number of rotatable bonds is 5. The molecule has 0 unspecified atom stereocenters. The van der Waals surface area contributed by atoms with Crippen molar-refractivity contribution in [2.45, 2.75) is 18.8 Å². The zero-order valence-corrected chi connectivity index (χ0v) is 9.89. The second-order valence-corrected chi connectivity index (χ2v) is 4.22. The smallest absolute Gasteiger partial charge is 0.324 e. The Morgan fingerprint density at radius 2 is 2.06 bits per heavy atom. The maximum atomic E-state index is 12.6. The molecule has 106 valence electrons. The average molecular weight is 271 g/mol. The first-order valence-electron chi connectivity index (χ1n) is 5.77. The lowest BCUT2D eigenvalue weighted by molar-refractivity contribution is -0.137. The van der Waals surface area contributed by atoms with Gasteiger partial charge in [0.2, 0.25) is 5.91 Å². The zero-order valence-electron chi connectivity index (χ0n) is 9.89. The van der Waals surface area contributed by atoms with Crippen LogP contribution in [0.3, 0.4) is 0 Å². The number of nitrogens with zero attached hydrogens (tertiary/aromatic N) is 1. The predicted octanol–water partition coefficient (Wildman–Crippen LogP) is 0.298. The largest absolute Gasteiger partial charge is 0.349 e. The van der Waals surface area contributed by atoms with Crippen molar-refractivity contribution >= 4 is 5.91 Å². The van der Waals surface area contributed by atoms with Gasteiger partial charge in [-0.05, 0) is 19.5 Å². The van der Waals surface area contributed by atoms with Gasteiger partial charge in [0, 0.05) is 13.1 Å². The van der Waals surface area contributed by atoms with E-state index < -0.39 is 24.8 Å². The minimum absolute atomic E-state index is 0.0407. The van der Waals surface area contributed by atoms with E-state index in [1.807, 2.05) is 5.32 Å². The molecule has 18 heavy (non-hydrogen) atoms. The molecule has 1 amide bonds. The monoisotopic (exact) mass is 271 g/mol. The van der Waals surface area contributed by atoms with Crippen LogP contribution in [0.25, 0.3) is 0 Å². The van der Waals surface area contributed by atoms with Crippen molar-refractivity contribution in [3.63, 3.8) is 0 Å². The standard InChI is InChI=1S/C10H17F4N3O/c11-9(12)10(13,14)7-16-8(18)6-17-4-1-2-15-3-5-17/h9,15H,1-7H2,(H,16,18). The third-order valence-electron chi connectivity index (χ3n) is 2.64. The molecule has 2 N–H and O–H groups in total. The van der Waals surface area contributed by atoms with Gasteiger partial charge < -0.3 is 10.6 Å². The van der Waals surface area contributed by atoms with Crippen LogP contribution in [-0.4, -0.2) is 62.4 Å². The molecule has 0 aromatic carbocycles. The summed E-state index contributed by atoms with van der Waals surface area (Å²) >= 11 is 0. The van der Waals surface area contributed by atoms with Gasteiger partial charge in [-0.15, -0.1) is 0 Å². The third-order valence-corrected chi connectivity index (χ3v) is 2.64. The van der Waals surface area contributed by atoms with Crippen molar-refractivity contribution in [3.8, 4) is 0 Å². The van der Waals surface area contributed by atoms with E-state index in [4.69, 9.17) is 0 Å². The molecule has 0 radical (unpaired) electrons. The molecule has 1 aliphatic rings. The molecule has 1 rings (SSSR count). The number of carbonyl (C=O) groups excluding carboxylic acids is 1. The summed E-state index contributed by atoms with van der Waals surface area (Å²) in [7, 11) is 0. The van der Waals surface area contributed by atoms with Crippen LogP contribution in [0.2, 0.25) is 0 Å². The Balaban J connectivity index is 2.28. The Hall–Kier alpha value is -0.890. The number of nitrogens with one attached hydrogen (secondary N) is 2. The Labute approximate surface area is 103 Å². The van der Waals surface area contributed by atoms with Crippen LogP contribution in [0.4, 0.5) is 17.6 Å². The molecular formula is C10H17F4N3O. The number of amides is 1. The number of hydrogen-bond acceptors (Lipinski definition) is 3. The fourth-order valence-electron chi connectivity index (χ4n) is 1.61. The minimum atomic E-state index is -4.17. The maximum Gasteiger partial charge on any atom is 0.324 e. The summed E-state index contributed by atoms with van der Waals surface area (Å²) in [5.41, 5.74) is 0. The fraction of sp³-hybridized carbons (Fsp3) is 0.900. The van der Waals surface area contributed by atoms with Gasteiger partial charge in [0.1, 0.15) is 0 Å². The van der Waals surface area contributed by atoms with Gasteiger partial charge in [0.15, 0.2) is 0 Å². The third kappa shape index (κ3) is 5.18. The van der Waals surface area contributed by atoms with Gasteiger partial charge in [-0.1, -0.05) is 0 Å². The Bertz CT molecular complexity index is 268. The van der Waals surface area contributed by atoms with Crippen LogP contribution in [0.15, 0.2) is 0 Å². The molecule has 1 fully saturated rings. The second kappa shape index (κ2) is 6.89. The lowest BCUT2D eigenvalue weighted by Gasteiger charge is -2.20. The molecule has 1 aliphatic heterocycles. The van der Waals surface area contributed by atoms with Crippen LogP contribution in [0, 0.1) is 0 Å². The Kier molecular flexibility index (Phi) is 5.80. The summed E-state index contributed by atoms with van der Waals surface area (Å²) in [4.78, 5) is 13.1. The number of hydrogen-bond donors (Lipinski definition) is 2. The minimum Gasteiger partial charge on any atom is -0.349 e. The van der Waals surface area contributed by atoms with Gasteiger partial charge in [-0.25, -0.2) is 8.78 Å². The number of carbonyl (C=O) groups is 1. The molecule has 0 aliphatic carbocycles. The molecule has 0 aromatic heterocycles. The predicted molar refractivity (Wildman–Crippen MR) is 57.9 cm³/mol. The van der Waals surface area contributed by atoms with Crippen LogP contribution in [-0.2, 0) is 4.79 Å². The van der Waals surface area contributed by atoms with Gasteiger partial charge in [0.25, 0.3) is 0 Å². The molecule has 4 nitrogen and oxygen atoms in total. The maximum absolute atomic E-state index is 12.6. The first-order chi connectivity index (χ1) is 8.42. The van der Waals surface area contributed by atoms with Crippen LogP contribution in [0.5, 0.6) is 0 Å². The summed E-state index contributed by atoms with van der Waals surface area (Å²) in [5.74, 6) is -4.83. The van der Waals surface area contributed by atoms with E-state index in [0.29, 0.717) is 13.1 Å².